The molecular formula is C10H14N2OS. The Hall–Kier alpha value is -1.00. The van der Waals surface area contributed by atoms with Crippen LogP contribution in [0.2, 0.25) is 0 Å². The zero-order chi connectivity index (χ0) is 10.4. The second-order valence-corrected chi connectivity index (χ2v) is 3.37. The summed E-state index contributed by atoms with van der Waals surface area (Å²) >= 11 is 4.89. The summed E-state index contributed by atoms with van der Waals surface area (Å²) in [5.41, 5.74) is 7.15. The molecule has 76 valence electrons. The number of thiocarbonyl (C=S) groups is 1. The highest BCUT2D eigenvalue weighted by Crippen LogP contribution is 2.06. The largest absolute Gasteiger partial charge is 0.388 e. The molecule has 0 radical (unpaired) electrons. The van der Waals surface area contributed by atoms with Crippen LogP contribution in [0.5, 0.6) is 0 Å². The molecular weight excluding hydrogens is 196 g/mol. The van der Waals surface area contributed by atoms with Crippen LogP contribution < -0.4 is 5.73 Å². The predicted octanol–water partition coefficient (Wildman–Crippen LogP) is 1.64. The molecule has 0 atom stereocenters. The van der Waals surface area contributed by atoms with Crippen molar-refractivity contribution in [1.82, 2.24) is 4.98 Å². The minimum absolute atomic E-state index is 0.320. The third-order valence-corrected chi connectivity index (χ3v) is 1.92. The first-order valence-electron chi connectivity index (χ1n) is 4.57. The van der Waals surface area contributed by atoms with Crippen LogP contribution in [0.3, 0.4) is 0 Å². The molecule has 0 bridgehead atoms. The Bertz CT molecular complexity index is 315. The molecule has 0 aliphatic rings. The highest BCUT2D eigenvalue weighted by atomic mass is 32.1. The van der Waals surface area contributed by atoms with E-state index in [1.807, 2.05) is 12.1 Å². The van der Waals surface area contributed by atoms with E-state index < -0.39 is 0 Å². The fraction of sp³-hybridized carbons (Fsp3) is 0.400. The average molecular weight is 210 g/mol. The SMILES string of the molecule is CCCOCc1cccnc1C(N)=S. The normalized spacial score (nSPS) is 10.1. The summed E-state index contributed by atoms with van der Waals surface area (Å²) in [6, 6.07) is 3.78. The topological polar surface area (TPSA) is 48.1 Å². The van der Waals surface area contributed by atoms with Crippen LogP contribution in [0.15, 0.2) is 18.3 Å². The van der Waals surface area contributed by atoms with Gasteiger partial charge in [0.2, 0.25) is 0 Å². The molecule has 2 N–H and O–H groups in total. The Morgan fingerprint density at radius 3 is 3.07 bits per heavy atom. The van der Waals surface area contributed by atoms with E-state index in [4.69, 9.17) is 22.7 Å². The summed E-state index contributed by atoms with van der Waals surface area (Å²) in [7, 11) is 0. The lowest BCUT2D eigenvalue weighted by Gasteiger charge is -2.06. The summed E-state index contributed by atoms with van der Waals surface area (Å²) < 4.78 is 5.40. The van der Waals surface area contributed by atoms with E-state index in [0.29, 0.717) is 17.3 Å². The molecule has 1 aromatic rings. The molecule has 0 saturated carbocycles. The van der Waals surface area contributed by atoms with Gasteiger partial charge >= 0.3 is 0 Å². The van der Waals surface area contributed by atoms with Crippen molar-refractivity contribution in [2.75, 3.05) is 6.61 Å². The van der Waals surface area contributed by atoms with Crippen molar-refractivity contribution in [3.63, 3.8) is 0 Å². The summed E-state index contributed by atoms with van der Waals surface area (Å²) in [5.74, 6) is 0. The maximum atomic E-state index is 5.53. The summed E-state index contributed by atoms with van der Waals surface area (Å²) in [6.07, 6.45) is 2.68. The summed E-state index contributed by atoms with van der Waals surface area (Å²) in [6.45, 7) is 3.33. The van der Waals surface area contributed by atoms with Gasteiger partial charge in [-0.2, -0.15) is 0 Å². The molecule has 4 heteroatoms. The van der Waals surface area contributed by atoms with Gasteiger partial charge in [-0.25, -0.2) is 0 Å². The van der Waals surface area contributed by atoms with E-state index in [2.05, 4.69) is 11.9 Å². The number of hydrogen-bond donors (Lipinski definition) is 1. The van der Waals surface area contributed by atoms with Gasteiger partial charge in [0.25, 0.3) is 0 Å². The smallest absolute Gasteiger partial charge is 0.123 e. The van der Waals surface area contributed by atoms with Crippen LogP contribution in [0.25, 0.3) is 0 Å². The Balaban J connectivity index is 2.69. The maximum absolute atomic E-state index is 5.53. The van der Waals surface area contributed by atoms with Gasteiger partial charge in [-0.1, -0.05) is 25.2 Å². The van der Waals surface area contributed by atoms with E-state index >= 15 is 0 Å². The van der Waals surface area contributed by atoms with Crippen molar-refractivity contribution in [2.24, 2.45) is 5.73 Å². The molecule has 0 aliphatic carbocycles. The lowest BCUT2D eigenvalue weighted by atomic mass is 10.2. The first-order valence-corrected chi connectivity index (χ1v) is 4.98. The lowest BCUT2D eigenvalue weighted by molar-refractivity contribution is 0.121. The van der Waals surface area contributed by atoms with Gasteiger partial charge in [0.15, 0.2) is 0 Å². The molecule has 1 rings (SSSR count). The molecule has 3 nitrogen and oxygen atoms in total. The Labute approximate surface area is 89.3 Å². The average Bonchev–Trinajstić information content (AvgIpc) is 2.19. The van der Waals surface area contributed by atoms with Crippen molar-refractivity contribution < 1.29 is 4.74 Å². The van der Waals surface area contributed by atoms with Gasteiger partial charge in [0.05, 0.1) is 6.61 Å². The molecule has 0 spiro atoms. The second-order valence-electron chi connectivity index (χ2n) is 2.93. The monoisotopic (exact) mass is 210 g/mol. The van der Waals surface area contributed by atoms with Crippen molar-refractivity contribution in [3.8, 4) is 0 Å². The van der Waals surface area contributed by atoms with Crippen molar-refractivity contribution in [2.45, 2.75) is 20.0 Å². The fourth-order valence-electron chi connectivity index (χ4n) is 1.10. The Kier molecular flexibility index (Phi) is 4.49. The highest BCUT2D eigenvalue weighted by molar-refractivity contribution is 7.80. The minimum Gasteiger partial charge on any atom is -0.388 e. The molecule has 0 aromatic carbocycles. The second kappa shape index (κ2) is 5.67. The van der Waals surface area contributed by atoms with Crippen molar-refractivity contribution in [3.05, 3.63) is 29.6 Å². The van der Waals surface area contributed by atoms with E-state index in [1.165, 1.54) is 0 Å². The predicted molar refractivity (Wildman–Crippen MR) is 60.1 cm³/mol. The Morgan fingerprint density at radius 2 is 2.43 bits per heavy atom. The molecule has 1 heterocycles. The number of nitrogens with zero attached hydrogens (tertiary/aromatic N) is 1. The third kappa shape index (κ3) is 3.05. The van der Waals surface area contributed by atoms with Crippen LogP contribution in [0, 0.1) is 0 Å². The zero-order valence-electron chi connectivity index (χ0n) is 8.19. The molecule has 14 heavy (non-hydrogen) atoms. The van der Waals surface area contributed by atoms with Gasteiger partial charge < -0.3 is 10.5 Å². The number of ether oxygens (including phenoxy) is 1. The van der Waals surface area contributed by atoms with Crippen LogP contribution in [0.4, 0.5) is 0 Å². The molecule has 0 unspecified atom stereocenters. The molecule has 1 aromatic heterocycles. The first-order chi connectivity index (χ1) is 6.75. The minimum atomic E-state index is 0.320. The number of pyridine rings is 1. The number of nitrogens with two attached hydrogens (primary N) is 1. The number of rotatable bonds is 5. The standard InChI is InChI=1S/C10H14N2OS/c1-2-6-13-7-8-4-3-5-12-9(8)10(11)14/h3-5H,2,6-7H2,1H3,(H2,11,14). The number of hydrogen-bond acceptors (Lipinski definition) is 3. The number of aromatic nitrogens is 1. The maximum Gasteiger partial charge on any atom is 0.123 e. The quantitative estimate of drug-likeness (QED) is 0.593. The van der Waals surface area contributed by atoms with Crippen LogP contribution in [0.1, 0.15) is 24.6 Å². The molecule has 0 fully saturated rings. The molecule has 0 saturated heterocycles. The van der Waals surface area contributed by atoms with E-state index in [1.54, 1.807) is 6.20 Å². The van der Waals surface area contributed by atoms with Gasteiger partial charge in [0.1, 0.15) is 10.7 Å². The fourth-order valence-corrected chi connectivity index (χ4v) is 1.29. The van der Waals surface area contributed by atoms with Crippen LogP contribution in [-0.2, 0) is 11.3 Å². The van der Waals surface area contributed by atoms with Gasteiger partial charge in [-0.3, -0.25) is 4.98 Å². The third-order valence-electron chi connectivity index (χ3n) is 1.73. The van der Waals surface area contributed by atoms with Gasteiger partial charge in [-0.15, -0.1) is 0 Å². The van der Waals surface area contributed by atoms with Crippen LogP contribution >= 0.6 is 12.2 Å². The van der Waals surface area contributed by atoms with E-state index in [-0.39, 0.29) is 0 Å². The molecule has 0 amide bonds. The van der Waals surface area contributed by atoms with Gasteiger partial charge in [-0.05, 0) is 12.5 Å². The van der Waals surface area contributed by atoms with E-state index in [0.717, 1.165) is 18.6 Å². The zero-order valence-corrected chi connectivity index (χ0v) is 9.01. The van der Waals surface area contributed by atoms with Gasteiger partial charge in [0, 0.05) is 18.4 Å². The summed E-state index contributed by atoms with van der Waals surface area (Å²) in [5, 5.41) is 0. The lowest BCUT2D eigenvalue weighted by Crippen LogP contribution is -2.15. The first kappa shape index (κ1) is 11.1. The van der Waals surface area contributed by atoms with Crippen molar-refractivity contribution in [1.29, 1.82) is 0 Å². The highest BCUT2D eigenvalue weighted by Gasteiger charge is 2.05. The molecule has 0 aliphatic heterocycles. The van der Waals surface area contributed by atoms with Crippen molar-refractivity contribution >= 4 is 17.2 Å². The van der Waals surface area contributed by atoms with Crippen LogP contribution in [-0.4, -0.2) is 16.6 Å². The van der Waals surface area contributed by atoms with E-state index in [9.17, 15) is 0 Å². The Morgan fingerprint density at radius 1 is 1.64 bits per heavy atom. The summed E-state index contributed by atoms with van der Waals surface area (Å²) in [4.78, 5) is 4.43.